The van der Waals surface area contributed by atoms with E-state index in [1.165, 1.54) is 24.8 Å². The normalized spacial score (nSPS) is 16.1. The Kier molecular flexibility index (Phi) is 5.18. The van der Waals surface area contributed by atoms with Crippen LogP contribution in [0.25, 0.3) is 0 Å². The Hall–Kier alpha value is -1.35. The Bertz CT molecular complexity index is 476. The number of benzene rings is 1. The van der Waals surface area contributed by atoms with Crippen LogP contribution in [0.2, 0.25) is 0 Å². The van der Waals surface area contributed by atoms with Gasteiger partial charge in [-0.2, -0.15) is 0 Å². The summed E-state index contributed by atoms with van der Waals surface area (Å²) in [7, 11) is 0. The van der Waals surface area contributed by atoms with Crippen LogP contribution in [0, 0.1) is 13.8 Å². The maximum Gasteiger partial charge on any atom is 0.180 e. The standard InChI is InChI=1S/C17H25NO2/c1-4-20-17-11-14(3)13(2)10-15(17)16(19)12-18-8-6-5-7-9-18/h10-11H,4-9,12H2,1-3H3. The van der Waals surface area contributed by atoms with Gasteiger partial charge in [-0.25, -0.2) is 0 Å². The summed E-state index contributed by atoms with van der Waals surface area (Å²) in [5.41, 5.74) is 3.05. The summed E-state index contributed by atoms with van der Waals surface area (Å²) in [6.45, 7) is 9.24. The number of piperidine rings is 1. The van der Waals surface area contributed by atoms with Crippen LogP contribution in [0.15, 0.2) is 12.1 Å². The highest BCUT2D eigenvalue weighted by molar-refractivity contribution is 6.00. The Morgan fingerprint density at radius 3 is 2.45 bits per heavy atom. The Morgan fingerprint density at radius 2 is 1.80 bits per heavy atom. The van der Waals surface area contributed by atoms with Gasteiger partial charge in [0, 0.05) is 0 Å². The molecule has 3 heteroatoms. The van der Waals surface area contributed by atoms with Crippen LogP contribution in [0.4, 0.5) is 0 Å². The van der Waals surface area contributed by atoms with Crippen LogP contribution < -0.4 is 4.74 Å². The van der Waals surface area contributed by atoms with Crippen molar-refractivity contribution in [2.75, 3.05) is 26.2 Å². The minimum Gasteiger partial charge on any atom is -0.493 e. The Morgan fingerprint density at radius 1 is 1.15 bits per heavy atom. The molecule has 0 N–H and O–H groups in total. The van der Waals surface area contributed by atoms with Crippen molar-refractivity contribution in [3.63, 3.8) is 0 Å². The van der Waals surface area contributed by atoms with Gasteiger partial charge in [0.25, 0.3) is 0 Å². The minimum atomic E-state index is 0.179. The minimum absolute atomic E-state index is 0.179. The average molecular weight is 275 g/mol. The van der Waals surface area contributed by atoms with E-state index in [0.29, 0.717) is 13.2 Å². The molecule has 0 saturated carbocycles. The van der Waals surface area contributed by atoms with Crippen LogP contribution in [-0.2, 0) is 0 Å². The third kappa shape index (κ3) is 3.60. The lowest BCUT2D eigenvalue weighted by atomic mass is 10.0. The van der Waals surface area contributed by atoms with Crippen LogP contribution in [0.5, 0.6) is 5.75 Å². The van der Waals surface area contributed by atoms with Gasteiger partial charge in [-0.1, -0.05) is 6.42 Å². The zero-order valence-corrected chi connectivity index (χ0v) is 12.9. The second-order valence-corrected chi connectivity index (χ2v) is 5.63. The van der Waals surface area contributed by atoms with Crippen LogP contribution in [0.1, 0.15) is 47.7 Å². The summed E-state index contributed by atoms with van der Waals surface area (Å²) in [6.07, 6.45) is 3.70. The lowest BCUT2D eigenvalue weighted by Gasteiger charge is -2.26. The van der Waals surface area contributed by atoms with E-state index in [2.05, 4.69) is 11.8 Å². The number of hydrogen-bond donors (Lipinski definition) is 0. The molecule has 1 aromatic rings. The number of ether oxygens (including phenoxy) is 1. The van der Waals surface area contributed by atoms with E-state index in [0.717, 1.165) is 30.0 Å². The number of Topliss-reactive ketones (excluding diaryl/α,β-unsaturated/α-hetero) is 1. The second-order valence-electron chi connectivity index (χ2n) is 5.63. The highest BCUT2D eigenvalue weighted by Gasteiger charge is 2.19. The third-order valence-electron chi connectivity index (χ3n) is 4.01. The molecular formula is C17H25NO2. The molecule has 3 nitrogen and oxygen atoms in total. The second kappa shape index (κ2) is 6.89. The Balaban J connectivity index is 2.16. The zero-order chi connectivity index (χ0) is 14.5. The summed E-state index contributed by atoms with van der Waals surface area (Å²) >= 11 is 0. The lowest BCUT2D eigenvalue weighted by Crippen LogP contribution is -2.34. The van der Waals surface area contributed by atoms with Crippen molar-refractivity contribution in [1.82, 2.24) is 4.90 Å². The summed E-state index contributed by atoms with van der Waals surface area (Å²) in [6, 6.07) is 3.97. The highest BCUT2D eigenvalue weighted by Crippen LogP contribution is 2.24. The molecule has 1 saturated heterocycles. The molecule has 0 aromatic heterocycles. The van der Waals surface area contributed by atoms with Crippen LogP contribution >= 0.6 is 0 Å². The summed E-state index contributed by atoms with van der Waals surface area (Å²) in [5.74, 6) is 0.913. The van der Waals surface area contributed by atoms with Crippen molar-refractivity contribution in [2.24, 2.45) is 0 Å². The van der Waals surface area contributed by atoms with Crippen LogP contribution in [0.3, 0.4) is 0 Å². The molecule has 0 aliphatic carbocycles. The third-order valence-corrected chi connectivity index (χ3v) is 4.01. The number of carbonyl (C=O) groups is 1. The molecule has 1 aliphatic rings. The molecule has 0 bridgehead atoms. The fraction of sp³-hybridized carbons (Fsp3) is 0.588. The molecule has 2 rings (SSSR count). The fourth-order valence-corrected chi connectivity index (χ4v) is 2.69. The topological polar surface area (TPSA) is 29.5 Å². The van der Waals surface area contributed by atoms with Gasteiger partial charge in [0.2, 0.25) is 0 Å². The molecule has 1 aliphatic heterocycles. The highest BCUT2D eigenvalue weighted by atomic mass is 16.5. The van der Waals surface area contributed by atoms with Crippen LogP contribution in [-0.4, -0.2) is 36.9 Å². The average Bonchev–Trinajstić information content (AvgIpc) is 2.44. The summed E-state index contributed by atoms with van der Waals surface area (Å²) < 4.78 is 5.64. The molecule has 1 aromatic carbocycles. The summed E-state index contributed by atoms with van der Waals surface area (Å²) in [5, 5.41) is 0. The first-order valence-corrected chi connectivity index (χ1v) is 7.61. The fourth-order valence-electron chi connectivity index (χ4n) is 2.69. The number of carbonyl (C=O) groups excluding carboxylic acids is 1. The van der Waals surface area contributed by atoms with E-state index in [1.54, 1.807) is 0 Å². The number of ketones is 1. The predicted molar refractivity (Wildman–Crippen MR) is 81.7 cm³/mol. The number of likely N-dealkylation sites (tertiary alicyclic amines) is 1. The van der Waals surface area contributed by atoms with Gasteiger partial charge in [-0.3, -0.25) is 9.69 Å². The van der Waals surface area contributed by atoms with E-state index in [1.807, 2.05) is 26.0 Å². The molecule has 0 radical (unpaired) electrons. The molecular weight excluding hydrogens is 250 g/mol. The van der Waals surface area contributed by atoms with E-state index in [4.69, 9.17) is 4.74 Å². The molecule has 0 atom stereocenters. The van der Waals surface area contributed by atoms with Gasteiger partial charge >= 0.3 is 0 Å². The molecule has 110 valence electrons. The van der Waals surface area contributed by atoms with E-state index in [9.17, 15) is 4.79 Å². The quantitative estimate of drug-likeness (QED) is 0.772. The van der Waals surface area contributed by atoms with Gasteiger partial charge in [0.05, 0.1) is 18.7 Å². The van der Waals surface area contributed by atoms with E-state index in [-0.39, 0.29) is 5.78 Å². The molecule has 1 heterocycles. The monoisotopic (exact) mass is 275 g/mol. The first-order valence-electron chi connectivity index (χ1n) is 7.61. The van der Waals surface area contributed by atoms with Gasteiger partial charge in [0.15, 0.2) is 5.78 Å². The van der Waals surface area contributed by atoms with Gasteiger partial charge in [-0.05, 0) is 70.0 Å². The molecule has 20 heavy (non-hydrogen) atoms. The van der Waals surface area contributed by atoms with Crippen molar-refractivity contribution in [3.8, 4) is 5.75 Å². The largest absolute Gasteiger partial charge is 0.493 e. The van der Waals surface area contributed by atoms with Crippen molar-refractivity contribution < 1.29 is 9.53 Å². The van der Waals surface area contributed by atoms with Gasteiger partial charge in [-0.15, -0.1) is 0 Å². The molecule has 0 amide bonds. The maximum absolute atomic E-state index is 12.6. The summed E-state index contributed by atoms with van der Waals surface area (Å²) in [4.78, 5) is 14.8. The smallest absolute Gasteiger partial charge is 0.180 e. The van der Waals surface area contributed by atoms with Crippen molar-refractivity contribution >= 4 is 5.78 Å². The molecule has 0 unspecified atom stereocenters. The van der Waals surface area contributed by atoms with Gasteiger partial charge in [0.1, 0.15) is 5.75 Å². The van der Waals surface area contributed by atoms with Gasteiger partial charge < -0.3 is 4.74 Å². The lowest BCUT2D eigenvalue weighted by molar-refractivity contribution is 0.0912. The maximum atomic E-state index is 12.6. The number of rotatable bonds is 5. The zero-order valence-electron chi connectivity index (χ0n) is 12.9. The predicted octanol–water partition coefficient (Wildman–Crippen LogP) is 3.37. The van der Waals surface area contributed by atoms with Crippen molar-refractivity contribution in [3.05, 3.63) is 28.8 Å². The van der Waals surface area contributed by atoms with Crippen molar-refractivity contribution in [2.45, 2.75) is 40.0 Å². The van der Waals surface area contributed by atoms with E-state index < -0.39 is 0 Å². The molecule has 0 spiro atoms. The van der Waals surface area contributed by atoms with E-state index >= 15 is 0 Å². The SMILES string of the molecule is CCOc1cc(C)c(C)cc1C(=O)CN1CCCCC1. The number of hydrogen-bond acceptors (Lipinski definition) is 3. The first-order chi connectivity index (χ1) is 9.61. The Labute approximate surface area is 121 Å². The molecule has 1 fully saturated rings. The first kappa shape index (κ1) is 15.0. The number of nitrogens with zero attached hydrogens (tertiary/aromatic N) is 1. The van der Waals surface area contributed by atoms with Crippen molar-refractivity contribution in [1.29, 1.82) is 0 Å². The number of aryl methyl sites for hydroxylation is 2.